The standard InChI is InChI=1S/C18H36B2/c1-13-7-19(8-14(13)2)11-17(5)18(6)12-20-9-15(3)16(4)10-20/h13-18H,7-12H2,1-6H3. The van der Waals surface area contributed by atoms with E-state index in [4.69, 9.17) is 0 Å². The Kier molecular flexibility index (Phi) is 5.71. The lowest BCUT2D eigenvalue weighted by Gasteiger charge is -2.24. The van der Waals surface area contributed by atoms with Gasteiger partial charge in [-0.25, -0.2) is 0 Å². The van der Waals surface area contributed by atoms with Crippen LogP contribution in [-0.4, -0.2) is 13.4 Å². The third kappa shape index (κ3) is 4.08. The average molecular weight is 274 g/mol. The van der Waals surface area contributed by atoms with Gasteiger partial charge >= 0.3 is 0 Å². The van der Waals surface area contributed by atoms with E-state index in [1.54, 1.807) is 0 Å². The van der Waals surface area contributed by atoms with E-state index in [1.807, 2.05) is 0 Å². The molecule has 0 N–H and O–H groups in total. The Morgan fingerprint density at radius 3 is 1.15 bits per heavy atom. The van der Waals surface area contributed by atoms with Crippen molar-refractivity contribution >= 4 is 13.4 Å². The van der Waals surface area contributed by atoms with Gasteiger partial charge in [0.25, 0.3) is 0 Å². The Morgan fingerprint density at radius 2 is 0.900 bits per heavy atom. The van der Waals surface area contributed by atoms with Crippen molar-refractivity contribution < 1.29 is 0 Å². The highest BCUT2D eigenvalue weighted by Crippen LogP contribution is 2.39. The number of hydrogen-bond acceptors (Lipinski definition) is 0. The molecule has 114 valence electrons. The molecule has 6 unspecified atom stereocenters. The van der Waals surface area contributed by atoms with Crippen LogP contribution in [0.4, 0.5) is 0 Å². The van der Waals surface area contributed by atoms with Gasteiger partial charge in [0.2, 0.25) is 0 Å². The van der Waals surface area contributed by atoms with Gasteiger partial charge in [-0.05, 0) is 35.5 Å². The molecule has 0 nitrogen and oxygen atoms in total. The van der Waals surface area contributed by atoms with Crippen molar-refractivity contribution in [3.05, 3.63) is 0 Å². The predicted molar refractivity (Wildman–Crippen MR) is 95.3 cm³/mol. The van der Waals surface area contributed by atoms with Gasteiger partial charge in [0.1, 0.15) is 13.4 Å². The van der Waals surface area contributed by atoms with Gasteiger partial charge < -0.3 is 0 Å². The highest BCUT2D eigenvalue weighted by molar-refractivity contribution is 6.60. The summed E-state index contributed by atoms with van der Waals surface area (Å²) in [7, 11) is 0. The summed E-state index contributed by atoms with van der Waals surface area (Å²) < 4.78 is 0. The normalized spacial score (nSPS) is 37.5. The smallest absolute Gasteiger partial charge is 0.0713 e. The first-order chi connectivity index (χ1) is 9.36. The zero-order valence-corrected chi connectivity index (χ0v) is 14.9. The second kappa shape index (κ2) is 6.93. The summed E-state index contributed by atoms with van der Waals surface area (Å²) in [4.78, 5) is 0. The molecule has 2 heteroatoms. The summed E-state index contributed by atoms with van der Waals surface area (Å²) in [6.07, 6.45) is 8.97. The molecular formula is C18H36B2. The second-order valence-electron chi connectivity index (χ2n) is 9.01. The Balaban J connectivity index is 1.74. The van der Waals surface area contributed by atoms with Gasteiger partial charge in [0.05, 0.1) is 0 Å². The van der Waals surface area contributed by atoms with E-state index in [0.29, 0.717) is 0 Å². The maximum absolute atomic E-state index is 2.53. The first-order valence-electron chi connectivity index (χ1n) is 9.36. The van der Waals surface area contributed by atoms with Gasteiger partial charge in [0, 0.05) is 0 Å². The van der Waals surface area contributed by atoms with Crippen LogP contribution in [0.2, 0.25) is 37.9 Å². The summed E-state index contributed by atoms with van der Waals surface area (Å²) in [5, 5.41) is 0. The van der Waals surface area contributed by atoms with Crippen molar-refractivity contribution in [2.75, 3.05) is 0 Å². The Bertz CT molecular complexity index is 254. The predicted octanol–water partition coefficient (Wildman–Crippen LogP) is 5.82. The quantitative estimate of drug-likeness (QED) is 0.554. The molecule has 0 radical (unpaired) electrons. The van der Waals surface area contributed by atoms with Gasteiger partial charge in [-0.15, -0.1) is 0 Å². The van der Waals surface area contributed by atoms with E-state index >= 15 is 0 Å². The van der Waals surface area contributed by atoms with Crippen LogP contribution >= 0.6 is 0 Å². The Morgan fingerprint density at radius 1 is 0.650 bits per heavy atom. The van der Waals surface area contributed by atoms with Crippen LogP contribution in [-0.2, 0) is 0 Å². The third-order valence-electron chi connectivity index (χ3n) is 7.14. The summed E-state index contributed by atoms with van der Waals surface area (Å²) >= 11 is 0. The molecule has 2 heterocycles. The van der Waals surface area contributed by atoms with Crippen molar-refractivity contribution in [1.82, 2.24) is 0 Å². The summed E-state index contributed by atoms with van der Waals surface area (Å²) in [5.74, 6) is 5.75. The molecule has 0 aliphatic carbocycles. The van der Waals surface area contributed by atoms with Crippen LogP contribution < -0.4 is 0 Å². The van der Waals surface area contributed by atoms with E-state index in [1.165, 1.54) is 37.9 Å². The number of rotatable bonds is 5. The van der Waals surface area contributed by atoms with E-state index in [0.717, 1.165) is 48.9 Å². The molecule has 0 saturated carbocycles. The van der Waals surface area contributed by atoms with E-state index in [9.17, 15) is 0 Å². The maximum atomic E-state index is 2.53. The van der Waals surface area contributed by atoms with Crippen LogP contribution in [0.3, 0.4) is 0 Å². The van der Waals surface area contributed by atoms with Crippen molar-refractivity contribution in [2.45, 2.75) is 79.5 Å². The van der Waals surface area contributed by atoms with Crippen molar-refractivity contribution in [3.63, 3.8) is 0 Å². The van der Waals surface area contributed by atoms with Gasteiger partial charge in [-0.1, -0.05) is 79.5 Å². The molecule has 0 bridgehead atoms. The molecule has 20 heavy (non-hydrogen) atoms. The fourth-order valence-corrected chi connectivity index (χ4v) is 5.13. The lowest BCUT2D eigenvalue weighted by Crippen LogP contribution is -2.21. The van der Waals surface area contributed by atoms with Gasteiger partial charge in [-0.2, -0.15) is 0 Å². The lowest BCUT2D eigenvalue weighted by atomic mass is 9.39. The molecule has 2 saturated heterocycles. The van der Waals surface area contributed by atoms with Crippen LogP contribution in [0.1, 0.15) is 41.5 Å². The monoisotopic (exact) mass is 274 g/mol. The first-order valence-corrected chi connectivity index (χ1v) is 9.36. The van der Waals surface area contributed by atoms with Crippen LogP contribution in [0.5, 0.6) is 0 Å². The summed E-state index contributed by atoms with van der Waals surface area (Å²) in [6.45, 7) is 16.9. The Hall–Kier alpha value is 0.130. The van der Waals surface area contributed by atoms with Crippen molar-refractivity contribution in [2.24, 2.45) is 35.5 Å². The zero-order chi connectivity index (χ0) is 14.9. The molecule has 0 amide bonds. The number of hydrogen-bond donors (Lipinski definition) is 0. The molecule has 0 aromatic rings. The average Bonchev–Trinajstić information content (AvgIpc) is 2.83. The van der Waals surface area contributed by atoms with E-state index in [2.05, 4.69) is 41.5 Å². The molecule has 6 atom stereocenters. The second-order valence-corrected chi connectivity index (χ2v) is 9.01. The lowest BCUT2D eigenvalue weighted by molar-refractivity contribution is 0.449. The zero-order valence-electron chi connectivity index (χ0n) is 14.9. The molecule has 2 rings (SSSR count). The first kappa shape index (κ1) is 16.5. The fraction of sp³-hybridized carbons (Fsp3) is 1.00. The van der Waals surface area contributed by atoms with Crippen molar-refractivity contribution in [3.8, 4) is 0 Å². The summed E-state index contributed by atoms with van der Waals surface area (Å²) in [5.41, 5.74) is 0. The molecule has 2 fully saturated rings. The van der Waals surface area contributed by atoms with Crippen LogP contribution in [0.15, 0.2) is 0 Å². The minimum absolute atomic E-state index is 0.934. The molecule has 2 aliphatic rings. The minimum atomic E-state index is 0.934. The topological polar surface area (TPSA) is 0 Å². The molecule has 0 aromatic heterocycles. The highest BCUT2D eigenvalue weighted by atomic mass is 14.2. The van der Waals surface area contributed by atoms with Gasteiger partial charge in [0.15, 0.2) is 0 Å². The molecule has 0 aromatic carbocycles. The van der Waals surface area contributed by atoms with Gasteiger partial charge in [-0.3, -0.25) is 0 Å². The molecule has 0 spiro atoms. The highest BCUT2D eigenvalue weighted by Gasteiger charge is 2.35. The largest absolute Gasteiger partial charge is 0.140 e. The fourth-order valence-electron chi connectivity index (χ4n) is 5.13. The van der Waals surface area contributed by atoms with E-state index < -0.39 is 0 Å². The van der Waals surface area contributed by atoms with Crippen LogP contribution in [0, 0.1) is 35.5 Å². The van der Waals surface area contributed by atoms with Crippen molar-refractivity contribution in [1.29, 1.82) is 0 Å². The van der Waals surface area contributed by atoms with Crippen LogP contribution in [0.25, 0.3) is 0 Å². The molecule has 2 aliphatic heterocycles. The SMILES string of the molecule is CC1CB(CC(C)C(C)CB2CC(C)C(C)C2)CC1C. The maximum Gasteiger partial charge on any atom is 0.140 e. The molecular weight excluding hydrogens is 238 g/mol. The third-order valence-corrected chi connectivity index (χ3v) is 7.14. The van der Waals surface area contributed by atoms with E-state index in [-0.39, 0.29) is 0 Å². The summed E-state index contributed by atoms with van der Waals surface area (Å²) in [6, 6.07) is 0. The Labute approximate surface area is 129 Å². The minimum Gasteiger partial charge on any atom is -0.0713 e.